The van der Waals surface area contributed by atoms with E-state index in [2.05, 4.69) is 5.32 Å². The molecule has 142 valence electrons. The number of methoxy groups -OCH3 is 1. The molecule has 1 heterocycles. The first-order valence-electron chi connectivity index (χ1n) is 8.58. The third-order valence-corrected chi connectivity index (χ3v) is 5.31. The van der Waals surface area contributed by atoms with E-state index in [-0.39, 0.29) is 24.2 Å². The molecule has 27 heavy (non-hydrogen) atoms. The van der Waals surface area contributed by atoms with Gasteiger partial charge in [0.25, 0.3) is 0 Å². The number of ether oxygens (including phenoxy) is 1. The van der Waals surface area contributed by atoms with Gasteiger partial charge >= 0.3 is 0 Å². The van der Waals surface area contributed by atoms with Crippen LogP contribution in [0.2, 0.25) is 10.0 Å². The smallest absolute Gasteiger partial charge is 0.225 e. The van der Waals surface area contributed by atoms with Crippen molar-refractivity contribution in [1.29, 1.82) is 0 Å². The molecule has 0 spiro atoms. The molecule has 1 aliphatic heterocycles. The van der Waals surface area contributed by atoms with Gasteiger partial charge in [-0.25, -0.2) is 0 Å². The Bertz CT molecular complexity index is 840. The third-order valence-electron chi connectivity index (χ3n) is 4.57. The number of carbonyl (C=O) groups excluding carboxylic acids is 2. The number of benzene rings is 2. The highest BCUT2D eigenvalue weighted by Crippen LogP contribution is 2.24. The summed E-state index contributed by atoms with van der Waals surface area (Å²) in [6.45, 7) is 1.25. The number of carbonyl (C=O) groups is 2. The molecule has 2 aromatic rings. The van der Waals surface area contributed by atoms with Crippen molar-refractivity contribution in [1.82, 2.24) is 10.2 Å². The second-order valence-corrected chi connectivity index (χ2v) is 7.30. The molecule has 7 heteroatoms. The summed E-state index contributed by atoms with van der Waals surface area (Å²) < 4.78 is 5.14. The highest BCUT2D eigenvalue weighted by atomic mass is 35.5. The third kappa shape index (κ3) is 4.93. The Balaban J connectivity index is 1.54. The maximum absolute atomic E-state index is 12.4. The molecule has 1 fully saturated rings. The van der Waals surface area contributed by atoms with Crippen LogP contribution in [-0.4, -0.2) is 30.4 Å². The van der Waals surface area contributed by atoms with Gasteiger partial charge in [0.15, 0.2) is 0 Å². The van der Waals surface area contributed by atoms with Gasteiger partial charge in [0.1, 0.15) is 5.75 Å². The van der Waals surface area contributed by atoms with Crippen LogP contribution < -0.4 is 10.1 Å². The number of likely N-dealkylation sites (tertiary alicyclic amines) is 1. The number of nitrogens with zero attached hydrogens (tertiary/aromatic N) is 1. The van der Waals surface area contributed by atoms with Crippen LogP contribution in [-0.2, 0) is 22.7 Å². The van der Waals surface area contributed by atoms with Gasteiger partial charge in [-0.1, -0.05) is 41.4 Å². The molecule has 2 aromatic carbocycles. The Hall–Kier alpha value is -2.24. The number of nitrogens with one attached hydrogen (secondary N) is 1. The normalized spacial score (nSPS) is 16.5. The van der Waals surface area contributed by atoms with Crippen LogP contribution >= 0.6 is 23.2 Å². The van der Waals surface area contributed by atoms with Gasteiger partial charge in [-0.2, -0.15) is 0 Å². The first-order valence-corrected chi connectivity index (χ1v) is 9.34. The molecule has 1 unspecified atom stereocenters. The van der Waals surface area contributed by atoms with Crippen molar-refractivity contribution >= 4 is 35.0 Å². The summed E-state index contributed by atoms with van der Waals surface area (Å²) in [6.07, 6.45) is 0.226. The van der Waals surface area contributed by atoms with E-state index in [4.69, 9.17) is 27.9 Å². The summed E-state index contributed by atoms with van der Waals surface area (Å²) in [6, 6.07) is 12.8. The highest BCUT2D eigenvalue weighted by molar-refractivity contribution is 6.42. The van der Waals surface area contributed by atoms with Crippen molar-refractivity contribution in [3.05, 3.63) is 63.6 Å². The summed E-state index contributed by atoms with van der Waals surface area (Å²) in [5.41, 5.74) is 1.86. The minimum atomic E-state index is -0.349. The fourth-order valence-corrected chi connectivity index (χ4v) is 3.36. The quantitative estimate of drug-likeness (QED) is 0.795. The first kappa shape index (κ1) is 19.5. The predicted octanol–water partition coefficient (Wildman–Crippen LogP) is 3.67. The number of halogens is 2. The predicted molar refractivity (Wildman–Crippen MR) is 105 cm³/mol. The van der Waals surface area contributed by atoms with Crippen molar-refractivity contribution in [3.8, 4) is 5.75 Å². The van der Waals surface area contributed by atoms with Gasteiger partial charge in [-0.15, -0.1) is 0 Å². The second kappa shape index (κ2) is 8.63. The standard InChI is InChI=1S/C20H20Cl2N2O3/c1-27-16-5-2-13(3-6-16)11-24-12-15(9-19(24)25)20(26)23-10-14-4-7-17(21)18(22)8-14/h2-8,15H,9-12H2,1H3,(H,23,26). The molecule has 0 aliphatic carbocycles. The lowest BCUT2D eigenvalue weighted by atomic mass is 10.1. The van der Waals surface area contributed by atoms with E-state index >= 15 is 0 Å². The fraction of sp³-hybridized carbons (Fsp3) is 0.300. The molecule has 5 nitrogen and oxygen atoms in total. The second-order valence-electron chi connectivity index (χ2n) is 6.49. The lowest BCUT2D eigenvalue weighted by molar-refractivity contribution is -0.129. The maximum Gasteiger partial charge on any atom is 0.225 e. The van der Waals surface area contributed by atoms with Crippen LogP contribution in [0.3, 0.4) is 0 Å². The van der Waals surface area contributed by atoms with E-state index in [1.807, 2.05) is 30.3 Å². The zero-order valence-corrected chi connectivity index (χ0v) is 16.4. The average Bonchev–Trinajstić information content (AvgIpc) is 3.03. The average molecular weight is 407 g/mol. The number of amides is 2. The van der Waals surface area contributed by atoms with E-state index in [1.165, 1.54) is 0 Å². The maximum atomic E-state index is 12.4. The summed E-state index contributed by atoms with van der Waals surface area (Å²) in [5.74, 6) is 0.275. The van der Waals surface area contributed by atoms with Gasteiger partial charge in [0.2, 0.25) is 11.8 Å². The van der Waals surface area contributed by atoms with Crippen LogP contribution in [0.5, 0.6) is 5.75 Å². The van der Waals surface area contributed by atoms with Crippen molar-refractivity contribution in [2.24, 2.45) is 5.92 Å². The number of hydrogen-bond donors (Lipinski definition) is 1. The largest absolute Gasteiger partial charge is 0.497 e. The van der Waals surface area contributed by atoms with Crippen molar-refractivity contribution < 1.29 is 14.3 Å². The molecule has 0 bridgehead atoms. The minimum absolute atomic E-state index is 0.0134. The summed E-state index contributed by atoms with van der Waals surface area (Å²) in [4.78, 5) is 26.4. The van der Waals surface area contributed by atoms with Crippen molar-refractivity contribution in [2.45, 2.75) is 19.5 Å². The minimum Gasteiger partial charge on any atom is -0.497 e. The topological polar surface area (TPSA) is 58.6 Å². The monoisotopic (exact) mass is 406 g/mol. The van der Waals surface area contributed by atoms with Crippen molar-refractivity contribution in [2.75, 3.05) is 13.7 Å². The number of rotatable bonds is 6. The SMILES string of the molecule is COc1ccc(CN2CC(C(=O)NCc3ccc(Cl)c(Cl)c3)CC2=O)cc1. The molecule has 0 saturated carbocycles. The molecular weight excluding hydrogens is 387 g/mol. The first-order chi connectivity index (χ1) is 13.0. The fourth-order valence-electron chi connectivity index (χ4n) is 3.04. The van der Waals surface area contributed by atoms with Crippen molar-refractivity contribution in [3.63, 3.8) is 0 Å². The van der Waals surface area contributed by atoms with Crippen LogP contribution in [0.4, 0.5) is 0 Å². The lowest BCUT2D eigenvalue weighted by Crippen LogP contribution is -2.32. The van der Waals surface area contributed by atoms with Gasteiger partial charge < -0.3 is 15.0 Å². The highest BCUT2D eigenvalue weighted by Gasteiger charge is 2.34. The summed E-state index contributed by atoms with van der Waals surface area (Å²) in [5, 5.41) is 3.80. The zero-order chi connectivity index (χ0) is 19.4. The Morgan fingerprint density at radius 3 is 2.52 bits per heavy atom. The zero-order valence-electron chi connectivity index (χ0n) is 14.9. The van der Waals surface area contributed by atoms with Gasteiger partial charge in [0.05, 0.1) is 23.1 Å². The van der Waals surface area contributed by atoms with E-state index in [9.17, 15) is 9.59 Å². The summed E-state index contributed by atoms with van der Waals surface area (Å²) >= 11 is 11.9. The van der Waals surface area contributed by atoms with Crippen LogP contribution in [0.1, 0.15) is 17.5 Å². The molecule has 1 saturated heterocycles. The number of hydrogen-bond acceptors (Lipinski definition) is 3. The van der Waals surface area contributed by atoms with Crippen LogP contribution in [0, 0.1) is 5.92 Å². The Kier molecular flexibility index (Phi) is 6.24. The molecule has 0 aromatic heterocycles. The van der Waals surface area contributed by atoms with E-state index in [1.54, 1.807) is 24.1 Å². The van der Waals surface area contributed by atoms with Crippen LogP contribution in [0.15, 0.2) is 42.5 Å². The van der Waals surface area contributed by atoms with Gasteiger partial charge in [-0.3, -0.25) is 9.59 Å². The van der Waals surface area contributed by atoms with E-state index in [0.717, 1.165) is 16.9 Å². The van der Waals surface area contributed by atoms with Crippen LogP contribution in [0.25, 0.3) is 0 Å². The molecule has 0 radical (unpaired) electrons. The Morgan fingerprint density at radius 1 is 1.15 bits per heavy atom. The molecule has 1 aliphatic rings. The molecule has 3 rings (SSSR count). The molecular formula is C20H20Cl2N2O3. The summed E-state index contributed by atoms with van der Waals surface area (Å²) in [7, 11) is 1.61. The Labute approximate surface area is 168 Å². The van der Waals surface area contributed by atoms with Gasteiger partial charge in [0, 0.05) is 26.1 Å². The molecule has 1 atom stereocenters. The Morgan fingerprint density at radius 2 is 1.85 bits per heavy atom. The van der Waals surface area contributed by atoms with Gasteiger partial charge in [-0.05, 0) is 35.4 Å². The molecule has 1 N–H and O–H groups in total. The van der Waals surface area contributed by atoms with E-state index in [0.29, 0.717) is 29.7 Å². The molecule has 2 amide bonds. The van der Waals surface area contributed by atoms with E-state index < -0.39 is 0 Å². The lowest BCUT2D eigenvalue weighted by Gasteiger charge is -2.17.